The van der Waals surface area contributed by atoms with Crippen LogP contribution in [0.1, 0.15) is 65.7 Å². The molecule has 0 aromatic rings. The lowest BCUT2D eigenvalue weighted by Crippen LogP contribution is -2.36. The van der Waals surface area contributed by atoms with E-state index < -0.39 is 0 Å². The van der Waals surface area contributed by atoms with Gasteiger partial charge in [-0.25, -0.2) is 0 Å². The molecule has 1 aliphatic heterocycles. The van der Waals surface area contributed by atoms with Crippen LogP contribution in [0.15, 0.2) is 0 Å². The molecular formula is C17H34N2O. The van der Waals surface area contributed by atoms with Crippen molar-refractivity contribution >= 4 is 5.91 Å². The van der Waals surface area contributed by atoms with Crippen LogP contribution in [0.25, 0.3) is 0 Å². The Labute approximate surface area is 125 Å². The van der Waals surface area contributed by atoms with Crippen molar-refractivity contribution in [1.29, 1.82) is 0 Å². The number of carbonyl (C=O) groups is 1. The lowest BCUT2D eigenvalue weighted by molar-refractivity contribution is -0.132. The highest BCUT2D eigenvalue weighted by atomic mass is 16.2. The molecule has 0 saturated carbocycles. The number of nitrogens with zero attached hydrogens (tertiary/aromatic N) is 1. The van der Waals surface area contributed by atoms with Crippen molar-refractivity contribution in [3.63, 3.8) is 0 Å². The molecule has 0 aromatic carbocycles. The maximum absolute atomic E-state index is 12.5. The number of rotatable bonds is 9. The molecule has 1 heterocycles. The van der Waals surface area contributed by atoms with E-state index in [1.54, 1.807) is 0 Å². The number of hydrogen-bond donors (Lipinski definition) is 1. The van der Waals surface area contributed by atoms with Crippen molar-refractivity contribution in [1.82, 2.24) is 10.2 Å². The SMILES string of the molecule is CCCCN(CCCC)C(=O)CC(C)C1CCNCC1. The van der Waals surface area contributed by atoms with Gasteiger partial charge in [0.25, 0.3) is 0 Å². The molecule has 118 valence electrons. The van der Waals surface area contributed by atoms with Crippen LogP contribution in [0, 0.1) is 11.8 Å². The van der Waals surface area contributed by atoms with E-state index in [9.17, 15) is 4.79 Å². The first-order valence-corrected chi connectivity index (χ1v) is 8.67. The summed E-state index contributed by atoms with van der Waals surface area (Å²) in [5.74, 6) is 1.66. The van der Waals surface area contributed by atoms with Crippen LogP contribution in [0.4, 0.5) is 0 Å². The normalized spacial score (nSPS) is 17.9. The summed E-state index contributed by atoms with van der Waals surface area (Å²) in [5, 5.41) is 3.41. The first-order valence-electron chi connectivity index (χ1n) is 8.67. The van der Waals surface area contributed by atoms with Crippen molar-refractivity contribution in [3.8, 4) is 0 Å². The quantitative estimate of drug-likeness (QED) is 0.702. The van der Waals surface area contributed by atoms with Gasteiger partial charge >= 0.3 is 0 Å². The Balaban J connectivity index is 2.41. The number of unbranched alkanes of at least 4 members (excludes halogenated alkanes) is 2. The Morgan fingerprint density at radius 2 is 1.70 bits per heavy atom. The molecule has 20 heavy (non-hydrogen) atoms. The first kappa shape index (κ1) is 17.5. The molecule has 0 bridgehead atoms. The van der Waals surface area contributed by atoms with E-state index in [-0.39, 0.29) is 0 Å². The maximum Gasteiger partial charge on any atom is 0.222 e. The standard InChI is InChI=1S/C17H34N2O/c1-4-6-12-19(13-7-5-2)17(20)14-15(3)16-8-10-18-11-9-16/h15-16,18H,4-14H2,1-3H3. The van der Waals surface area contributed by atoms with Crippen LogP contribution in [-0.4, -0.2) is 37.0 Å². The molecule has 1 saturated heterocycles. The van der Waals surface area contributed by atoms with Gasteiger partial charge in [-0.3, -0.25) is 4.79 Å². The third-order valence-electron chi connectivity index (χ3n) is 4.60. The molecule has 3 heteroatoms. The maximum atomic E-state index is 12.5. The Bertz CT molecular complexity index is 254. The Hall–Kier alpha value is -0.570. The molecule has 3 nitrogen and oxygen atoms in total. The fourth-order valence-electron chi connectivity index (χ4n) is 3.04. The van der Waals surface area contributed by atoms with E-state index in [1.807, 2.05) is 0 Å². The highest BCUT2D eigenvalue weighted by Gasteiger charge is 2.24. The Kier molecular flexibility index (Phi) is 8.92. The van der Waals surface area contributed by atoms with E-state index in [2.05, 4.69) is 31.0 Å². The van der Waals surface area contributed by atoms with E-state index in [0.717, 1.165) is 51.4 Å². The lowest BCUT2D eigenvalue weighted by atomic mass is 9.84. The summed E-state index contributed by atoms with van der Waals surface area (Å²) in [4.78, 5) is 14.6. The molecule has 1 atom stereocenters. The van der Waals surface area contributed by atoms with Crippen LogP contribution in [0.5, 0.6) is 0 Å². The average Bonchev–Trinajstić information content (AvgIpc) is 2.48. The van der Waals surface area contributed by atoms with Gasteiger partial charge in [-0.15, -0.1) is 0 Å². The van der Waals surface area contributed by atoms with Gasteiger partial charge in [-0.05, 0) is 50.6 Å². The first-order chi connectivity index (χ1) is 9.69. The Morgan fingerprint density at radius 1 is 1.15 bits per heavy atom. The molecule has 0 aromatic heterocycles. The predicted octanol–water partition coefficient (Wildman–Crippen LogP) is 3.44. The van der Waals surface area contributed by atoms with Crippen LogP contribution >= 0.6 is 0 Å². The monoisotopic (exact) mass is 282 g/mol. The smallest absolute Gasteiger partial charge is 0.222 e. The Morgan fingerprint density at radius 3 is 2.20 bits per heavy atom. The summed E-state index contributed by atoms with van der Waals surface area (Å²) >= 11 is 0. The fraction of sp³-hybridized carbons (Fsp3) is 0.941. The summed E-state index contributed by atoms with van der Waals surface area (Å²) in [6.45, 7) is 10.8. The van der Waals surface area contributed by atoms with Crippen LogP contribution in [0.3, 0.4) is 0 Å². The minimum atomic E-state index is 0.387. The minimum absolute atomic E-state index is 0.387. The van der Waals surface area contributed by atoms with E-state index in [4.69, 9.17) is 0 Å². The molecule has 1 amide bonds. The topological polar surface area (TPSA) is 32.3 Å². The molecule has 1 aliphatic rings. The van der Waals surface area contributed by atoms with Crippen LogP contribution in [0.2, 0.25) is 0 Å². The summed E-state index contributed by atoms with van der Waals surface area (Å²) in [5.41, 5.74) is 0. The number of carbonyl (C=O) groups excluding carboxylic acids is 1. The largest absolute Gasteiger partial charge is 0.343 e. The van der Waals surface area contributed by atoms with Gasteiger partial charge in [0.15, 0.2) is 0 Å². The molecule has 0 spiro atoms. The molecule has 0 aliphatic carbocycles. The lowest BCUT2D eigenvalue weighted by Gasteiger charge is -2.30. The second-order valence-corrected chi connectivity index (χ2v) is 6.36. The van der Waals surface area contributed by atoms with E-state index >= 15 is 0 Å². The summed E-state index contributed by atoms with van der Waals surface area (Å²) in [6, 6.07) is 0. The van der Waals surface area contributed by atoms with Gasteiger partial charge in [0, 0.05) is 19.5 Å². The summed E-state index contributed by atoms with van der Waals surface area (Å²) in [7, 11) is 0. The van der Waals surface area contributed by atoms with Crippen LogP contribution < -0.4 is 5.32 Å². The van der Waals surface area contributed by atoms with Crippen molar-refractivity contribution in [2.24, 2.45) is 11.8 Å². The van der Waals surface area contributed by atoms with Gasteiger partial charge in [0.1, 0.15) is 0 Å². The minimum Gasteiger partial charge on any atom is -0.343 e. The number of nitrogens with one attached hydrogen (secondary N) is 1. The van der Waals surface area contributed by atoms with Gasteiger partial charge < -0.3 is 10.2 Å². The van der Waals surface area contributed by atoms with Crippen molar-refractivity contribution < 1.29 is 4.79 Å². The van der Waals surface area contributed by atoms with E-state index in [0.29, 0.717) is 11.8 Å². The highest BCUT2D eigenvalue weighted by Crippen LogP contribution is 2.25. The van der Waals surface area contributed by atoms with Crippen molar-refractivity contribution in [3.05, 3.63) is 0 Å². The average molecular weight is 282 g/mol. The van der Waals surface area contributed by atoms with Crippen LogP contribution in [-0.2, 0) is 4.79 Å². The second kappa shape index (κ2) is 10.2. The number of amides is 1. The highest BCUT2D eigenvalue weighted by molar-refractivity contribution is 5.76. The van der Waals surface area contributed by atoms with Crippen molar-refractivity contribution in [2.75, 3.05) is 26.2 Å². The van der Waals surface area contributed by atoms with Gasteiger partial charge in [0.05, 0.1) is 0 Å². The fourth-order valence-corrected chi connectivity index (χ4v) is 3.04. The van der Waals surface area contributed by atoms with Crippen molar-refractivity contribution in [2.45, 2.75) is 65.7 Å². The molecule has 0 radical (unpaired) electrons. The zero-order chi connectivity index (χ0) is 14.8. The molecule has 1 fully saturated rings. The second-order valence-electron chi connectivity index (χ2n) is 6.36. The molecule has 1 rings (SSSR count). The zero-order valence-electron chi connectivity index (χ0n) is 13.8. The van der Waals surface area contributed by atoms with Gasteiger partial charge in [0.2, 0.25) is 5.91 Å². The van der Waals surface area contributed by atoms with Gasteiger partial charge in [-0.1, -0.05) is 33.6 Å². The summed E-state index contributed by atoms with van der Waals surface area (Å²) < 4.78 is 0. The molecular weight excluding hydrogens is 248 g/mol. The number of hydrogen-bond acceptors (Lipinski definition) is 2. The zero-order valence-corrected chi connectivity index (χ0v) is 13.8. The predicted molar refractivity (Wildman–Crippen MR) is 85.8 cm³/mol. The third kappa shape index (κ3) is 6.25. The molecule has 1 N–H and O–H groups in total. The number of piperidine rings is 1. The molecule has 1 unspecified atom stereocenters. The third-order valence-corrected chi connectivity index (χ3v) is 4.60. The van der Waals surface area contributed by atoms with E-state index in [1.165, 1.54) is 25.7 Å². The van der Waals surface area contributed by atoms with Gasteiger partial charge in [-0.2, -0.15) is 0 Å². The summed E-state index contributed by atoms with van der Waals surface area (Å²) in [6.07, 6.45) is 7.82.